The van der Waals surface area contributed by atoms with Crippen LogP contribution in [0.25, 0.3) is 0 Å². The van der Waals surface area contributed by atoms with Crippen molar-refractivity contribution in [3.05, 3.63) is 29.8 Å². The summed E-state index contributed by atoms with van der Waals surface area (Å²) in [7, 11) is 1.75. The number of benzene rings is 1. The molecule has 118 valence electrons. The summed E-state index contributed by atoms with van der Waals surface area (Å²) in [4.78, 5) is 0. The summed E-state index contributed by atoms with van der Waals surface area (Å²) in [5, 5.41) is 3.71. The number of hydrogen-bond acceptors (Lipinski definition) is 2. The molecule has 1 N–H and O–H groups in total. The van der Waals surface area contributed by atoms with Crippen molar-refractivity contribution in [2.75, 3.05) is 13.7 Å². The molecule has 0 heterocycles. The van der Waals surface area contributed by atoms with E-state index in [1.165, 1.54) is 44.1 Å². The minimum absolute atomic E-state index is 0.479. The summed E-state index contributed by atoms with van der Waals surface area (Å²) in [6.45, 7) is 5.54. The third-order valence-electron chi connectivity index (χ3n) is 4.94. The first kappa shape index (κ1) is 16.4. The lowest BCUT2D eigenvalue weighted by Crippen LogP contribution is -2.31. The van der Waals surface area contributed by atoms with Crippen LogP contribution in [0.4, 0.5) is 0 Å². The molecule has 1 aliphatic rings. The fourth-order valence-corrected chi connectivity index (χ4v) is 3.83. The maximum absolute atomic E-state index is 5.39. The Morgan fingerprint density at radius 2 is 1.95 bits per heavy atom. The van der Waals surface area contributed by atoms with E-state index >= 15 is 0 Å². The molecule has 0 saturated heterocycles. The van der Waals surface area contributed by atoms with Crippen molar-refractivity contribution in [2.24, 2.45) is 11.8 Å². The molecule has 0 bridgehead atoms. The summed E-state index contributed by atoms with van der Waals surface area (Å²) >= 11 is 0. The predicted molar refractivity (Wildman–Crippen MR) is 89.8 cm³/mol. The number of methoxy groups -OCH3 is 1. The summed E-state index contributed by atoms with van der Waals surface area (Å²) in [5.41, 5.74) is 1.38. The van der Waals surface area contributed by atoms with Crippen LogP contribution in [0.15, 0.2) is 24.3 Å². The van der Waals surface area contributed by atoms with Gasteiger partial charge in [0.25, 0.3) is 0 Å². The van der Waals surface area contributed by atoms with E-state index in [4.69, 9.17) is 4.74 Å². The Bertz CT molecular complexity index is 410. The second-order valence-corrected chi connectivity index (χ2v) is 6.38. The molecule has 2 nitrogen and oxygen atoms in total. The number of hydrogen-bond donors (Lipinski definition) is 1. The molecule has 1 fully saturated rings. The second kappa shape index (κ2) is 8.43. The lowest BCUT2D eigenvalue weighted by Gasteiger charge is -2.34. The Labute approximate surface area is 130 Å². The van der Waals surface area contributed by atoms with E-state index in [-0.39, 0.29) is 0 Å². The van der Waals surface area contributed by atoms with Crippen LogP contribution in [-0.2, 0) is 0 Å². The SMILES string of the molecule is CCCC1CCC(C(NCC)c2cccc(OC)c2)CC1. The zero-order chi connectivity index (χ0) is 15.1. The first-order valence-corrected chi connectivity index (χ1v) is 8.65. The maximum Gasteiger partial charge on any atom is 0.119 e. The Kier molecular flexibility index (Phi) is 6.56. The van der Waals surface area contributed by atoms with Gasteiger partial charge < -0.3 is 10.1 Å². The standard InChI is InChI=1S/C19H31NO/c1-4-7-15-10-12-16(13-11-15)19(20-5-2)17-8-6-9-18(14-17)21-3/h6,8-9,14-16,19-20H,4-5,7,10-13H2,1-3H3. The maximum atomic E-state index is 5.39. The molecule has 1 aliphatic carbocycles. The minimum Gasteiger partial charge on any atom is -0.497 e. The van der Waals surface area contributed by atoms with Crippen LogP contribution >= 0.6 is 0 Å². The zero-order valence-electron chi connectivity index (χ0n) is 13.9. The Hall–Kier alpha value is -1.02. The summed E-state index contributed by atoms with van der Waals surface area (Å²) < 4.78 is 5.39. The molecule has 2 heteroatoms. The molecule has 1 aromatic carbocycles. The van der Waals surface area contributed by atoms with Crippen LogP contribution < -0.4 is 10.1 Å². The molecule has 0 aromatic heterocycles. The van der Waals surface area contributed by atoms with Gasteiger partial charge in [0.15, 0.2) is 0 Å². The quantitative estimate of drug-likeness (QED) is 0.766. The molecule has 2 rings (SSSR count). The monoisotopic (exact) mass is 289 g/mol. The van der Waals surface area contributed by atoms with Gasteiger partial charge in [0.2, 0.25) is 0 Å². The molecule has 1 unspecified atom stereocenters. The molecule has 0 radical (unpaired) electrons. The topological polar surface area (TPSA) is 21.3 Å². The molecular formula is C19H31NO. The van der Waals surface area contributed by atoms with Crippen LogP contribution in [0.2, 0.25) is 0 Å². The zero-order valence-corrected chi connectivity index (χ0v) is 13.9. The minimum atomic E-state index is 0.479. The summed E-state index contributed by atoms with van der Waals surface area (Å²) in [5.74, 6) is 2.71. The third kappa shape index (κ3) is 4.47. The second-order valence-electron chi connectivity index (χ2n) is 6.38. The third-order valence-corrected chi connectivity index (χ3v) is 4.94. The lowest BCUT2D eigenvalue weighted by atomic mass is 9.75. The van der Waals surface area contributed by atoms with Crippen molar-refractivity contribution in [2.45, 2.75) is 58.4 Å². The van der Waals surface area contributed by atoms with E-state index in [0.29, 0.717) is 6.04 Å². The van der Waals surface area contributed by atoms with Gasteiger partial charge in [-0.3, -0.25) is 0 Å². The highest BCUT2D eigenvalue weighted by Crippen LogP contribution is 2.38. The van der Waals surface area contributed by atoms with Crippen LogP contribution in [0.5, 0.6) is 5.75 Å². The summed E-state index contributed by atoms with van der Waals surface area (Å²) in [6.07, 6.45) is 8.29. The van der Waals surface area contributed by atoms with Gasteiger partial charge in [-0.25, -0.2) is 0 Å². The van der Waals surface area contributed by atoms with Crippen LogP contribution in [0, 0.1) is 11.8 Å². The van der Waals surface area contributed by atoms with E-state index in [1.54, 1.807) is 7.11 Å². The molecule has 1 aromatic rings. The Balaban J connectivity index is 2.05. The number of ether oxygens (including phenoxy) is 1. The van der Waals surface area contributed by atoms with Gasteiger partial charge >= 0.3 is 0 Å². The molecule has 0 amide bonds. The van der Waals surface area contributed by atoms with Crippen LogP contribution in [0.3, 0.4) is 0 Å². The van der Waals surface area contributed by atoms with E-state index in [0.717, 1.165) is 24.1 Å². The van der Waals surface area contributed by atoms with Crippen molar-refractivity contribution >= 4 is 0 Å². The van der Waals surface area contributed by atoms with Crippen LogP contribution in [-0.4, -0.2) is 13.7 Å². The molecular weight excluding hydrogens is 258 g/mol. The smallest absolute Gasteiger partial charge is 0.119 e. The van der Waals surface area contributed by atoms with Crippen molar-refractivity contribution in [1.82, 2.24) is 5.32 Å². The van der Waals surface area contributed by atoms with E-state index in [2.05, 4.69) is 37.4 Å². The van der Waals surface area contributed by atoms with Gasteiger partial charge in [-0.2, -0.15) is 0 Å². The van der Waals surface area contributed by atoms with Gasteiger partial charge in [-0.15, -0.1) is 0 Å². The highest BCUT2D eigenvalue weighted by molar-refractivity contribution is 5.31. The van der Waals surface area contributed by atoms with Crippen molar-refractivity contribution in [3.63, 3.8) is 0 Å². The largest absolute Gasteiger partial charge is 0.497 e. The Morgan fingerprint density at radius 3 is 2.57 bits per heavy atom. The van der Waals surface area contributed by atoms with E-state index < -0.39 is 0 Å². The van der Waals surface area contributed by atoms with Gasteiger partial charge in [-0.1, -0.05) is 51.7 Å². The van der Waals surface area contributed by atoms with E-state index in [9.17, 15) is 0 Å². The van der Waals surface area contributed by atoms with Gasteiger partial charge in [0.1, 0.15) is 5.75 Å². The average Bonchev–Trinajstić information content (AvgIpc) is 2.54. The lowest BCUT2D eigenvalue weighted by molar-refractivity contribution is 0.215. The highest BCUT2D eigenvalue weighted by atomic mass is 16.5. The number of rotatable bonds is 7. The van der Waals surface area contributed by atoms with E-state index in [1.807, 2.05) is 6.07 Å². The first-order chi connectivity index (χ1) is 10.3. The number of nitrogens with one attached hydrogen (secondary N) is 1. The van der Waals surface area contributed by atoms with Crippen molar-refractivity contribution in [1.29, 1.82) is 0 Å². The fourth-order valence-electron chi connectivity index (χ4n) is 3.83. The predicted octanol–water partition coefficient (Wildman–Crippen LogP) is 4.95. The summed E-state index contributed by atoms with van der Waals surface area (Å²) in [6, 6.07) is 9.07. The normalized spacial score (nSPS) is 23.8. The van der Waals surface area contributed by atoms with Crippen molar-refractivity contribution < 1.29 is 4.74 Å². The van der Waals surface area contributed by atoms with Crippen molar-refractivity contribution in [3.8, 4) is 5.75 Å². The molecule has 1 atom stereocenters. The molecule has 0 aliphatic heterocycles. The molecule has 21 heavy (non-hydrogen) atoms. The van der Waals surface area contributed by atoms with Gasteiger partial charge in [0, 0.05) is 6.04 Å². The molecule has 1 saturated carbocycles. The van der Waals surface area contributed by atoms with Crippen LogP contribution in [0.1, 0.15) is 64.0 Å². The first-order valence-electron chi connectivity index (χ1n) is 8.65. The Morgan fingerprint density at radius 1 is 1.19 bits per heavy atom. The average molecular weight is 289 g/mol. The fraction of sp³-hybridized carbons (Fsp3) is 0.684. The van der Waals surface area contributed by atoms with Gasteiger partial charge in [0.05, 0.1) is 7.11 Å². The highest BCUT2D eigenvalue weighted by Gasteiger charge is 2.27. The van der Waals surface area contributed by atoms with Gasteiger partial charge in [-0.05, 0) is 48.9 Å². The molecule has 0 spiro atoms.